The lowest BCUT2D eigenvalue weighted by molar-refractivity contribution is -0.136. The van der Waals surface area contributed by atoms with Gasteiger partial charge in [-0.2, -0.15) is 0 Å². The number of nitrogens with one attached hydrogen (secondary N) is 4. The largest absolute Gasteiger partial charge is 0.453 e. The number of nitrogens with zero attached hydrogens (tertiary/aromatic N) is 5. The third kappa shape index (κ3) is 9.66. The van der Waals surface area contributed by atoms with Gasteiger partial charge in [0.2, 0.25) is 11.8 Å². The van der Waals surface area contributed by atoms with Gasteiger partial charge in [-0.05, 0) is 110 Å². The summed E-state index contributed by atoms with van der Waals surface area (Å²) < 4.78 is 9.63. The first-order valence-electron chi connectivity index (χ1n) is 24.7. The zero-order valence-electron chi connectivity index (χ0n) is 40.2. The van der Waals surface area contributed by atoms with E-state index >= 15 is 0 Å². The van der Waals surface area contributed by atoms with Gasteiger partial charge in [-0.15, -0.1) is 0 Å². The number of hydrogen-bond donors (Lipinski definition) is 4. The van der Waals surface area contributed by atoms with E-state index in [1.54, 1.807) is 0 Å². The van der Waals surface area contributed by atoms with Crippen molar-refractivity contribution < 1.29 is 28.7 Å². The summed E-state index contributed by atoms with van der Waals surface area (Å²) in [7, 11) is 2.61. The van der Waals surface area contributed by atoms with Crippen molar-refractivity contribution in [3.05, 3.63) is 113 Å². The summed E-state index contributed by atoms with van der Waals surface area (Å²) in [6.45, 7) is 8.90. The van der Waals surface area contributed by atoms with Gasteiger partial charge in [0.1, 0.15) is 23.7 Å². The van der Waals surface area contributed by atoms with Gasteiger partial charge in [0.05, 0.1) is 50.3 Å². The molecule has 0 bridgehead atoms. The van der Waals surface area contributed by atoms with Crippen LogP contribution in [0.5, 0.6) is 0 Å². The zero-order chi connectivity index (χ0) is 47.6. The van der Waals surface area contributed by atoms with Gasteiger partial charge >= 0.3 is 12.2 Å². The third-order valence-corrected chi connectivity index (χ3v) is 14.8. The molecular formula is C53H67N9O6. The normalized spacial score (nSPS) is 23.5. The molecule has 2 aliphatic carbocycles. The predicted octanol–water partition coefficient (Wildman–Crippen LogP) is 9.15. The van der Waals surface area contributed by atoms with Gasteiger partial charge in [0.15, 0.2) is 0 Å². The highest BCUT2D eigenvalue weighted by molar-refractivity contribution is 5.87. The SMILES string of the molecule is COC(=O)N[C@H](C(=O)N1CCC[C@H]1c1ncc(-c2ccc([C@@H]3CC[C@@H](C4=CCC(c5cnc([C@@H]6CCCN6C(=O)[C@@H](NC(=O)OC)C(C)C)[nH]5)C=C4)N3c3ccc(C4CC4)cc3)cc2)[nH]1)C(C)C. The van der Waals surface area contributed by atoms with Crippen LogP contribution in [0.4, 0.5) is 15.3 Å². The van der Waals surface area contributed by atoms with Crippen LogP contribution in [0, 0.1) is 11.8 Å². The maximum absolute atomic E-state index is 13.8. The Morgan fingerprint density at radius 1 is 0.662 bits per heavy atom. The van der Waals surface area contributed by atoms with Crippen LogP contribution in [0.1, 0.15) is 144 Å². The average Bonchev–Trinajstić information content (AvgIpc) is 3.97. The van der Waals surface area contributed by atoms with Crippen LogP contribution in [0.15, 0.2) is 84.7 Å². The number of benzene rings is 2. The molecule has 4 amide bonds. The predicted molar refractivity (Wildman–Crippen MR) is 260 cm³/mol. The Labute approximate surface area is 399 Å². The molecule has 1 unspecified atom stereocenters. The molecule has 9 rings (SSSR count). The number of rotatable bonds is 14. The topological polar surface area (TPSA) is 178 Å². The molecule has 7 atom stereocenters. The zero-order valence-corrected chi connectivity index (χ0v) is 40.2. The fourth-order valence-electron chi connectivity index (χ4n) is 10.9. The van der Waals surface area contributed by atoms with E-state index in [0.717, 1.165) is 73.5 Å². The first-order valence-corrected chi connectivity index (χ1v) is 24.7. The number of imidazole rings is 2. The number of amides is 4. The Morgan fingerprint density at radius 2 is 1.22 bits per heavy atom. The molecule has 4 aromatic rings. The van der Waals surface area contributed by atoms with Gasteiger partial charge in [-0.1, -0.05) is 82.3 Å². The second-order valence-corrected chi connectivity index (χ2v) is 19.9. The molecule has 360 valence electrons. The van der Waals surface area contributed by atoms with Gasteiger partial charge in [0, 0.05) is 36.6 Å². The Hall–Kier alpha value is -6.38. The molecule has 4 N–H and O–H groups in total. The number of allylic oxidation sites excluding steroid dienone is 2. The quantitative estimate of drug-likeness (QED) is 0.0960. The maximum Gasteiger partial charge on any atom is 0.407 e. The number of carbonyl (C=O) groups is 4. The maximum atomic E-state index is 13.8. The summed E-state index contributed by atoms with van der Waals surface area (Å²) in [5.74, 6) is 1.90. The minimum absolute atomic E-state index is 0.0984. The van der Waals surface area contributed by atoms with Crippen molar-refractivity contribution in [2.75, 3.05) is 32.2 Å². The van der Waals surface area contributed by atoms with E-state index < -0.39 is 24.3 Å². The highest BCUT2D eigenvalue weighted by Gasteiger charge is 2.41. The summed E-state index contributed by atoms with van der Waals surface area (Å²) in [5, 5.41) is 5.47. The van der Waals surface area contributed by atoms with Crippen molar-refractivity contribution >= 4 is 29.7 Å². The van der Waals surface area contributed by atoms with Crippen molar-refractivity contribution in [1.29, 1.82) is 0 Å². The molecule has 15 heteroatoms. The summed E-state index contributed by atoms with van der Waals surface area (Å²) in [5.41, 5.74) is 8.19. The molecule has 3 saturated heterocycles. The lowest BCUT2D eigenvalue weighted by Crippen LogP contribution is -2.51. The molecule has 1 saturated carbocycles. The Balaban J connectivity index is 0.894. The molecule has 0 radical (unpaired) electrons. The molecule has 2 aromatic heterocycles. The van der Waals surface area contributed by atoms with Crippen molar-refractivity contribution in [2.24, 2.45) is 11.8 Å². The molecular weight excluding hydrogens is 859 g/mol. The average molecular weight is 926 g/mol. The lowest BCUT2D eigenvalue weighted by Gasteiger charge is -2.35. The van der Waals surface area contributed by atoms with Crippen molar-refractivity contribution in [3.8, 4) is 11.3 Å². The van der Waals surface area contributed by atoms with E-state index in [1.165, 1.54) is 49.4 Å². The van der Waals surface area contributed by atoms with Crippen LogP contribution in [0.3, 0.4) is 0 Å². The standard InChI is InChI=1S/C53H67N9O6/c1-31(2)46(58-52(65)67-5)50(63)60-27-7-9-44(60)48-54-29-40(56-48)35-13-17-37(18-14-35)42-25-26-43(62(42)39-23-21-34(22-24-39)33-11-12-33)38-19-15-36(16-20-38)41-30-55-49(57-41)45-10-8-28-61(45)51(64)47(32(3)4)59-53(66)68-6/h13-15,17-24,29-33,36,42-47H,7-12,16,25-28H2,1-6H3,(H,54,56)(H,55,57)(H,58,65)(H,59,66)/t36?,42-,43-,44-,45-,46-,47-/m0/s1. The minimum atomic E-state index is -0.688. The monoisotopic (exact) mass is 926 g/mol. The number of aromatic amines is 2. The smallest absolute Gasteiger partial charge is 0.407 e. The van der Waals surface area contributed by atoms with Crippen LogP contribution >= 0.6 is 0 Å². The van der Waals surface area contributed by atoms with Crippen molar-refractivity contribution in [1.82, 2.24) is 40.4 Å². The van der Waals surface area contributed by atoms with E-state index in [-0.39, 0.29) is 53.7 Å². The van der Waals surface area contributed by atoms with Gasteiger partial charge < -0.3 is 44.8 Å². The number of aromatic nitrogens is 4. The van der Waals surface area contributed by atoms with Crippen LogP contribution in [-0.4, -0.2) is 99.2 Å². The van der Waals surface area contributed by atoms with E-state index in [4.69, 9.17) is 19.4 Å². The molecule has 0 spiro atoms. The minimum Gasteiger partial charge on any atom is -0.453 e. The molecule has 4 fully saturated rings. The summed E-state index contributed by atoms with van der Waals surface area (Å²) in [4.78, 5) is 74.7. The van der Waals surface area contributed by atoms with Crippen LogP contribution in [-0.2, 0) is 19.1 Å². The van der Waals surface area contributed by atoms with Gasteiger partial charge in [-0.25, -0.2) is 19.6 Å². The number of ether oxygens (including phenoxy) is 2. The number of carbonyl (C=O) groups excluding carboxylic acids is 4. The molecule has 5 heterocycles. The Morgan fingerprint density at radius 3 is 1.76 bits per heavy atom. The Bertz CT molecular complexity index is 2510. The van der Waals surface area contributed by atoms with Crippen molar-refractivity contribution in [2.45, 2.75) is 134 Å². The van der Waals surface area contributed by atoms with E-state index in [2.05, 4.69) is 92.3 Å². The fourth-order valence-corrected chi connectivity index (χ4v) is 10.9. The first-order chi connectivity index (χ1) is 32.9. The Kier molecular flexibility index (Phi) is 13.8. The first kappa shape index (κ1) is 46.7. The molecule has 15 nitrogen and oxygen atoms in total. The number of hydrogen-bond acceptors (Lipinski definition) is 9. The molecule has 68 heavy (non-hydrogen) atoms. The lowest BCUT2D eigenvalue weighted by atomic mass is 9.90. The summed E-state index contributed by atoms with van der Waals surface area (Å²) >= 11 is 0. The second-order valence-electron chi connectivity index (χ2n) is 19.9. The number of anilines is 1. The molecule has 2 aromatic carbocycles. The van der Waals surface area contributed by atoms with Crippen molar-refractivity contribution in [3.63, 3.8) is 0 Å². The summed E-state index contributed by atoms with van der Waals surface area (Å²) in [6.07, 6.45) is 18.3. The fraction of sp³-hybridized carbons (Fsp3) is 0.509. The van der Waals surface area contributed by atoms with Gasteiger partial charge in [-0.3, -0.25) is 9.59 Å². The number of methoxy groups -OCH3 is 2. The highest BCUT2D eigenvalue weighted by Crippen LogP contribution is 2.46. The second kappa shape index (κ2) is 20.1. The summed E-state index contributed by atoms with van der Waals surface area (Å²) in [6, 6.07) is 16.8. The van der Waals surface area contributed by atoms with E-state index in [1.807, 2.05) is 49.9 Å². The number of alkyl carbamates (subject to hydrolysis) is 2. The molecule has 3 aliphatic heterocycles. The molecule has 5 aliphatic rings. The van der Waals surface area contributed by atoms with Crippen LogP contribution < -0.4 is 15.5 Å². The van der Waals surface area contributed by atoms with E-state index in [0.29, 0.717) is 19.0 Å². The van der Waals surface area contributed by atoms with Crippen LogP contribution in [0.25, 0.3) is 11.3 Å². The van der Waals surface area contributed by atoms with E-state index in [9.17, 15) is 19.2 Å². The number of likely N-dealkylation sites (tertiary alicyclic amines) is 2. The highest BCUT2D eigenvalue weighted by atomic mass is 16.5. The van der Waals surface area contributed by atoms with Gasteiger partial charge in [0.25, 0.3) is 0 Å². The number of H-pyrrole nitrogens is 2. The third-order valence-electron chi connectivity index (χ3n) is 14.8. The van der Waals surface area contributed by atoms with Crippen LogP contribution in [0.2, 0.25) is 0 Å².